The van der Waals surface area contributed by atoms with E-state index in [4.69, 9.17) is 32.5 Å². The molecule has 4 aromatic rings. The van der Waals surface area contributed by atoms with Crippen molar-refractivity contribution in [2.24, 2.45) is 14.1 Å². The summed E-state index contributed by atoms with van der Waals surface area (Å²) in [6.45, 7) is 8.06. The van der Waals surface area contributed by atoms with Gasteiger partial charge < -0.3 is 9.31 Å². The van der Waals surface area contributed by atoms with Crippen LogP contribution in [-0.2, 0) is 47.6 Å². The maximum Gasteiger partial charge on any atom is 0.515 e. The van der Waals surface area contributed by atoms with Gasteiger partial charge in [0, 0.05) is 24.9 Å². The highest BCUT2D eigenvalue weighted by Crippen LogP contribution is 2.51. The second-order valence-electron chi connectivity index (χ2n) is 12.1. The largest absolute Gasteiger partial charge is 0.515 e. The molecule has 0 amide bonds. The summed E-state index contributed by atoms with van der Waals surface area (Å²) >= 11 is 14.3. The lowest BCUT2D eigenvalue weighted by molar-refractivity contribution is -0.292. The standard InChI is InChI=1S/C10H4ClF8N3S.C9H13BClNO2S.C7H3F8IN2/c1-22-5(3-2-23-7(11)20-3)4(9(14,15)16)6(21-22)8(12,13)10(17,18)19;1-8(2)9(3,4)14-10(13-8)6-5-15-7(11)12-6;1-18-4(16)2(6(10,11)12)3(17-18)5(8,9)7(13,14)15/h2H,1H3;5H,1-4H3;1H3. The maximum absolute atomic E-state index is 13.4. The zero-order chi connectivity index (χ0) is 43.6. The van der Waals surface area contributed by atoms with Crippen molar-refractivity contribution in [2.75, 3.05) is 0 Å². The highest BCUT2D eigenvalue weighted by Gasteiger charge is 2.65. The molecule has 0 aliphatic carbocycles. The predicted molar refractivity (Wildman–Crippen MR) is 178 cm³/mol. The molecule has 5 heterocycles. The average molecular weight is 1030 g/mol. The molecule has 4 aromatic heterocycles. The molecule has 8 nitrogen and oxygen atoms in total. The first-order valence-corrected chi connectivity index (χ1v) is 17.9. The molecule has 1 aliphatic rings. The lowest BCUT2D eigenvalue weighted by atomic mass is 9.86. The number of hydrogen-bond donors (Lipinski definition) is 0. The van der Waals surface area contributed by atoms with Crippen LogP contribution in [0.2, 0.25) is 8.93 Å². The van der Waals surface area contributed by atoms with Gasteiger partial charge >= 0.3 is 43.7 Å². The molecule has 0 saturated carbocycles. The van der Waals surface area contributed by atoms with Gasteiger partial charge in [0.1, 0.15) is 26.2 Å². The van der Waals surface area contributed by atoms with E-state index >= 15 is 0 Å². The second kappa shape index (κ2) is 15.8. The number of thiazole rings is 2. The van der Waals surface area contributed by atoms with Gasteiger partial charge in [-0.15, -0.1) is 22.7 Å². The lowest BCUT2D eigenvalue weighted by Gasteiger charge is -2.32. The van der Waals surface area contributed by atoms with Crippen LogP contribution in [0.25, 0.3) is 11.4 Å². The summed E-state index contributed by atoms with van der Waals surface area (Å²) in [6, 6.07) is 0. The molecule has 0 bridgehead atoms. The molecule has 314 valence electrons. The Morgan fingerprint density at radius 3 is 1.39 bits per heavy atom. The van der Waals surface area contributed by atoms with Gasteiger partial charge in [0.05, 0.1) is 16.8 Å². The van der Waals surface area contributed by atoms with Crippen LogP contribution in [0.15, 0.2) is 10.8 Å². The normalized spacial score (nSPS) is 16.4. The highest BCUT2D eigenvalue weighted by atomic mass is 127. The Morgan fingerprint density at radius 1 is 0.643 bits per heavy atom. The summed E-state index contributed by atoms with van der Waals surface area (Å²) in [5.74, 6) is -11.5. The first-order valence-electron chi connectivity index (χ1n) is 14.3. The van der Waals surface area contributed by atoms with Crippen LogP contribution in [0, 0.1) is 3.70 Å². The Hall–Kier alpha value is -2.15. The van der Waals surface area contributed by atoms with Gasteiger partial charge in [-0.3, -0.25) is 9.36 Å². The first kappa shape index (κ1) is 48.2. The fourth-order valence-electron chi connectivity index (χ4n) is 4.24. The molecule has 5 rings (SSSR count). The molecule has 1 fully saturated rings. The summed E-state index contributed by atoms with van der Waals surface area (Å²) in [5.41, 5.74) is -10.5. The number of rotatable bonds is 4. The minimum Gasteiger partial charge on any atom is -0.398 e. The Balaban J connectivity index is 0.000000231. The molecular weight excluding hydrogens is 1010 g/mol. The van der Waals surface area contributed by atoms with Crippen LogP contribution in [0.1, 0.15) is 50.2 Å². The van der Waals surface area contributed by atoms with Crippen molar-refractivity contribution in [1.29, 1.82) is 0 Å². The van der Waals surface area contributed by atoms with Crippen molar-refractivity contribution in [1.82, 2.24) is 29.5 Å². The highest BCUT2D eigenvalue weighted by molar-refractivity contribution is 14.1. The number of aromatic nitrogens is 6. The molecular formula is C26H20BCl2F16IN6O2S2. The molecule has 1 aliphatic heterocycles. The summed E-state index contributed by atoms with van der Waals surface area (Å²) in [7, 11) is 1.24. The molecule has 0 unspecified atom stereocenters. The first-order chi connectivity index (χ1) is 24.9. The smallest absolute Gasteiger partial charge is 0.398 e. The van der Waals surface area contributed by atoms with E-state index in [1.165, 1.54) is 11.3 Å². The molecule has 0 N–H and O–H groups in total. The fourth-order valence-corrected chi connectivity index (χ4v) is 6.43. The summed E-state index contributed by atoms with van der Waals surface area (Å²) < 4.78 is 215. The number of halogens is 19. The quantitative estimate of drug-likeness (QED) is 0.115. The van der Waals surface area contributed by atoms with Gasteiger partial charge in [-0.25, -0.2) is 9.97 Å². The molecule has 0 radical (unpaired) electrons. The van der Waals surface area contributed by atoms with Gasteiger partial charge in [-0.05, 0) is 50.3 Å². The minimum absolute atomic E-state index is 0.210. The Morgan fingerprint density at radius 2 is 1.04 bits per heavy atom. The van der Waals surface area contributed by atoms with E-state index in [9.17, 15) is 70.2 Å². The number of hydrogen-bond acceptors (Lipinski definition) is 8. The topological polar surface area (TPSA) is 79.9 Å². The van der Waals surface area contributed by atoms with E-state index in [0.29, 0.717) is 20.5 Å². The maximum atomic E-state index is 13.4. The van der Waals surface area contributed by atoms with Crippen molar-refractivity contribution < 1.29 is 79.6 Å². The van der Waals surface area contributed by atoms with Crippen LogP contribution < -0.4 is 5.59 Å². The van der Waals surface area contributed by atoms with Crippen LogP contribution in [0.4, 0.5) is 70.2 Å². The van der Waals surface area contributed by atoms with Crippen LogP contribution >= 0.6 is 68.5 Å². The summed E-state index contributed by atoms with van der Waals surface area (Å²) in [5, 5.41) is 8.24. The SMILES string of the molecule is CC1(C)OB(c2csc(Cl)n2)OC1(C)C.Cn1nc(C(F)(F)C(F)(F)F)c(C(F)(F)F)c1-c1csc(Cl)n1.Cn1nc(C(F)(F)C(F)(F)F)c(C(F)(F)F)c1I. The molecule has 1 saturated heterocycles. The van der Waals surface area contributed by atoms with Gasteiger partial charge in [0.15, 0.2) is 20.3 Å². The molecule has 56 heavy (non-hydrogen) atoms. The average Bonchev–Trinajstić information content (AvgIpc) is 3.80. The third-order valence-electron chi connectivity index (χ3n) is 7.61. The number of nitrogens with zero attached hydrogens (tertiary/aromatic N) is 6. The van der Waals surface area contributed by atoms with E-state index in [-0.39, 0.29) is 20.4 Å². The van der Waals surface area contributed by atoms with E-state index in [0.717, 1.165) is 47.7 Å². The van der Waals surface area contributed by atoms with E-state index < -0.39 is 81.3 Å². The van der Waals surface area contributed by atoms with E-state index in [2.05, 4.69) is 20.2 Å². The molecule has 0 spiro atoms. The zero-order valence-corrected chi connectivity index (χ0v) is 33.5. The van der Waals surface area contributed by atoms with Gasteiger partial charge in [0.25, 0.3) is 0 Å². The number of alkyl halides is 16. The zero-order valence-electron chi connectivity index (χ0n) is 28.2. The molecule has 30 heteroatoms. The minimum atomic E-state index is -6.24. The molecule has 0 aromatic carbocycles. The second-order valence-corrected chi connectivity index (χ2v) is 16.0. The monoisotopic (exact) mass is 1020 g/mol. The molecule has 0 atom stereocenters. The van der Waals surface area contributed by atoms with Gasteiger partial charge in [-0.2, -0.15) is 80.4 Å². The van der Waals surface area contributed by atoms with Crippen molar-refractivity contribution in [3.05, 3.63) is 45.9 Å². The Bertz CT molecular complexity index is 2010. The van der Waals surface area contributed by atoms with Crippen molar-refractivity contribution >= 4 is 81.2 Å². The third kappa shape index (κ3) is 9.82. The van der Waals surface area contributed by atoms with Crippen LogP contribution in [0.5, 0.6) is 0 Å². The van der Waals surface area contributed by atoms with Crippen molar-refractivity contribution in [2.45, 2.75) is 75.4 Å². The fraction of sp³-hybridized carbons (Fsp3) is 0.538. The van der Waals surface area contributed by atoms with E-state index in [1.54, 1.807) is 0 Å². The van der Waals surface area contributed by atoms with Crippen molar-refractivity contribution in [3.8, 4) is 11.4 Å². The summed E-state index contributed by atoms with van der Waals surface area (Å²) in [4.78, 5) is 7.63. The Kier molecular flexibility index (Phi) is 13.6. The third-order valence-corrected chi connectivity index (χ3v) is 10.8. The lowest BCUT2D eigenvalue weighted by Crippen LogP contribution is -2.41. The Labute approximate surface area is 335 Å². The van der Waals surface area contributed by atoms with Crippen LogP contribution in [-0.4, -0.2) is 60.2 Å². The van der Waals surface area contributed by atoms with Gasteiger partial charge in [0.2, 0.25) is 0 Å². The predicted octanol–water partition coefficient (Wildman–Crippen LogP) is 10.7. The van der Waals surface area contributed by atoms with Gasteiger partial charge in [-0.1, -0.05) is 23.2 Å². The van der Waals surface area contributed by atoms with Crippen molar-refractivity contribution in [3.63, 3.8) is 0 Å². The number of aryl methyl sites for hydroxylation is 2. The van der Waals surface area contributed by atoms with Crippen LogP contribution in [0.3, 0.4) is 0 Å². The summed E-state index contributed by atoms with van der Waals surface area (Å²) in [6.07, 6.45) is -23.2. The van der Waals surface area contributed by atoms with E-state index in [1.807, 2.05) is 33.1 Å².